The van der Waals surface area contributed by atoms with E-state index in [-0.39, 0.29) is 11.8 Å². The van der Waals surface area contributed by atoms with Crippen molar-refractivity contribution in [3.05, 3.63) is 35.6 Å². The van der Waals surface area contributed by atoms with Gasteiger partial charge in [0.15, 0.2) is 0 Å². The smallest absolute Gasteiger partial charge is 0.315 e. The highest BCUT2D eigenvalue weighted by Gasteiger charge is 2.16. The number of nitrogens with one attached hydrogen (secondary N) is 2. The zero-order valence-corrected chi connectivity index (χ0v) is 9.71. The van der Waals surface area contributed by atoms with E-state index in [0.29, 0.717) is 12.6 Å². The first-order chi connectivity index (χ1) is 8.24. The predicted molar refractivity (Wildman–Crippen MR) is 64.0 cm³/mol. The third-order valence-corrected chi connectivity index (χ3v) is 3.03. The number of benzene rings is 1. The van der Waals surface area contributed by atoms with Gasteiger partial charge < -0.3 is 10.6 Å². The molecule has 0 saturated heterocycles. The molecule has 1 saturated carbocycles. The summed E-state index contributed by atoms with van der Waals surface area (Å²) in [7, 11) is 0. The van der Waals surface area contributed by atoms with Crippen molar-refractivity contribution in [2.75, 3.05) is 0 Å². The lowest BCUT2D eigenvalue weighted by Crippen LogP contribution is -2.40. The molecular weight excluding hydrogens is 219 g/mol. The van der Waals surface area contributed by atoms with E-state index in [0.717, 1.165) is 18.4 Å². The van der Waals surface area contributed by atoms with Gasteiger partial charge in [0.25, 0.3) is 0 Å². The normalized spacial score (nSPS) is 15.8. The van der Waals surface area contributed by atoms with Crippen molar-refractivity contribution in [3.8, 4) is 0 Å². The molecule has 2 amide bonds. The summed E-state index contributed by atoms with van der Waals surface area (Å²) in [5.41, 5.74) is 0.770. The number of urea groups is 1. The highest BCUT2D eigenvalue weighted by Crippen LogP contribution is 2.17. The molecule has 4 heteroatoms. The molecule has 1 aromatic carbocycles. The van der Waals surface area contributed by atoms with Gasteiger partial charge in [-0.25, -0.2) is 9.18 Å². The zero-order valence-electron chi connectivity index (χ0n) is 9.71. The average molecular weight is 236 g/mol. The van der Waals surface area contributed by atoms with Crippen molar-refractivity contribution in [2.24, 2.45) is 0 Å². The van der Waals surface area contributed by atoms with Gasteiger partial charge in [0, 0.05) is 12.6 Å². The minimum Gasteiger partial charge on any atom is -0.335 e. The van der Waals surface area contributed by atoms with Crippen LogP contribution in [0.4, 0.5) is 9.18 Å². The summed E-state index contributed by atoms with van der Waals surface area (Å²) in [6.45, 7) is 0.357. The van der Waals surface area contributed by atoms with Gasteiger partial charge in [0.05, 0.1) is 0 Å². The monoisotopic (exact) mass is 236 g/mol. The minimum absolute atomic E-state index is 0.166. The van der Waals surface area contributed by atoms with E-state index in [1.54, 1.807) is 12.1 Å². The van der Waals surface area contributed by atoms with Crippen molar-refractivity contribution in [1.29, 1.82) is 0 Å². The van der Waals surface area contributed by atoms with Crippen LogP contribution in [0.15, 0.2) is 24.3 Å². The summed E-state index contributed by atoms with van der Waals surface area (Å²) in [5.74, 6) is -0.277. The Morgan fingerprint density at radius 1 is 1.35 bits per heavy atom. The summed E-state index contributed by atoms with van der Waals surface area (Å²) in [6, 6.07) is 6.39. The van der Waals surface area contributed by atoms with Crippen molar-refractivity contribution >= 4 is 6.03 Å². The van der Waals surface area contributed by atoms with Gasteiger partial charge in [-0.15, -0.1) is 0 Å². The molecule has 0 atom stereocenters. The molecule has 1 fully saturated rings. The topological polar surface area (TPSA) is 41.1 Å². The molecular formula is C13H17FN2O. The Morgan fingerprint density at radius 3 is 2.82 bits per heavy atom. The van der Waals surface area contributed by atoms with Gasteiger partial charge in [-0.1, -0.05) is 25.0 Å². The molecule has 1 aliphatic carbocycles. The van der Waals surface area contributed by atoms with Gasteiger partial charge in [0.2, 0.25) is 0 Å². The molecule has 0 bridgehead atoms. The maximum Gasteiger partial charge on any atom is 0.315 e. The van der Waals surface area contributed by atoms with E-state index in [2.05, 4.69) is 10.6 Å². The second kappa shape index (κ2) is 5.66. The van der Waals surface area contributed by atoms with Crippen LogP contribution in [0.2, 0.25) is 0 Å². The number of rotatable bonds is 3. The molecule has 0 aliphatic heterocycles. The first kappa shape index (κ1) is 11.9. The third-order valence-electron chi connectivity index (χ3n) is 3.03. The van der Waals surface area contributed by atoms with Gasteiger partial charge in [-0.3, -0.25) is 0 Å². The standard InChI is InChI=1S/C13H17FN2O/c14-11-5-3-4-10(8-11)9-15-13(17)16-12-6-1-2-7-12/h3-5,8,12H,1-2,6-7,9H2,(H2,15,16,17). The maximum atomic E-state index is 12.9. The molecule has 1 aromatic rings. The molecule has 3 nitrogen and oxygen atoms in total. The highest BCUT2D eigenvalue weighted by atomic mass is 19.1. The van der Waals surface area contributed by atoms with Crippen LogP contribution in [0, 0.1) is 5.82 Å². The fraction of sp³-hybridized carbons (Fsp3) is 0.462. The number of amides is 2. The Hall–Kier alpha value is -1.58. The summed E-state index contributed by atoms with van der Waals surface area (Å²) < 4.78 is 12.9. The van der Waals surface area contributed by atoms with E-state index in [4.69, 9.17) is 0 Å². The molecule has 92 valence electrons. The minimum atomic E-state index is -0.277. The maximum absolute atomic E-state index is 12.9. The van der Waals surface area contributed by atoms with Crippen molar-refractivity contribution < 1.29 is 9.18 Å². The van der Waals surface area contributed by atoms with Crippen molar-refractivity contribution in [1.82, 2.24) is 10.6 Å². The Balaban J connectivity index is 1.75. The molecule has 17 heavy (non-hydrogen) atoms. The second-order valence-corrected chi connectivity index (χ2v) is 4.44. The van der Waals surface area contributed by atoms with Crippen LogP contribution in [0.3, 0.4) is 0 Å². The Kier molecular flexibility index (Phi) is 3.96. The van der Waals surface area contributed by atoms with Crippen LogP contribution in [0.5, 0.6) is 0 Å². The quantitative estimate of drug-likeness (QED) is 0.832. The van der Waals surface area contributed by atoms with E-state index in [1.165, 1.54) is 25.0 Å². The molecule has 0 heterocycles. The molecule has 2 N–H and O–H groups in total. The number of hydrogen-bond acceptors (Lipinski definition) is 1. The lowest BCUT2D eigenvalue weighted by molar-refractivity contribution is 0.236. The Labute approximate surface area is 100 Å². The van der Waals surface area contributed by atoms with E-state index < -0.39 is 0 Å². The van der Waals surface area contributed by atoms with Crippen LogP contribution < -0.4 is 10.6 Å². The van der Waals surface area contributed by atoms with Crippen molar-refractivity contribution in [2.45, 2.75) is 38.3 Å². The average Bonchev–Trinajstić information content (AvgIpc) is 2.79. The molecule has 0 spiro atoms. The number of hydrogen-bond donors (Lipinski definition) is 2. The first-order valence-corrected chi connectivity index (χ1v) is 6.03. The number of halogens is 1. The highest BCUT2D eigenvalue weighted by molar-refractivity contribution is 5.74. The van der Waals surface area contributed by atoms with Crippen LogP contribution in [-0.4, -0.2) is 12.1 Å². The SMILES string of the molecule is O=C(NCc1cccc(F)c1)NC1CCCC1. The molecule has 0 radical (unpaired) electrons. The van der Waals surface area contributed by atoms with E-state index >= 15 is 0 Å². The Morgan fingerprint density at radius 2 is 2.12 bits per heavy atom. The number of carbonyl (C=O) groups is 1. The van der Waals surface area contributed by atoms with Crippen LogP contribution in [0.25, 0.3) is 0 Å². The van der Waals surface area contributed by atoms with Gasteiger partial charge in [0.1, 0.15) is 5.82 Å². The predicted octanol–water partition coefficient (Wildman–Crippen LogP) is 2.57. The largest absolute Gasteiger partial charge is 0.335 e. The fourth-order valence-electron chi connectivity index (χ4n) is 2.14. The Bertz CT molecular complexity index is 389. The summed E-state index contributed by atoms with van der Waals surface area (Å²) in [6.07, 6.45) is 4.50. The summed E-state index contributed by atoms with van der Waals surface area (Å²) >= 11 is 0. The van der Waals surface area contributed by atoms with Crippen LogP contribution in [0.1, 0.15) is 31.2 Å². The molecule has 2 rings (SSSR count). The fourth-order valence-corrected chi connectivity index (χ4v) is 2.14. The van der Waals surface area contributed by atoms with Crippen LogP contribution in [-0.2, 0) is 6.54 Å². The van der Waals surface area contributed by atoms with Crippen molar-refractivity contribution in [3.63, 3.8) is 0 Å². The second-order valence-electron chi connectivity index (χ2n) is 4.44. The lowest BCUT2D eigenvalue weighted by atomic mass is 10.2. The van der Waals surface area contributed by atoms with Gasteiger partial charge in [-0.2, -0.15) is 0 Å². The molecule has 0 aromatic heterocycles. The third kappa shape index (κ3) is 3.73. The number of carbonyl (C=O) groups excluding carboxylic acids is 1. The summed E-state index contributed by atoms with van der Waals surface area (Å²) in [4.78, 5) is 11.5. The first-order valence-electron chi connectivity index (χ1n) is 6.03. The van der Waals surface area contributed by atoms with Gasteiger partial charge >= 0.3 is 6.03 Å². The molecule has 1 aliphatic rings. The van der Waals surface area contributed by atoms with E-state index in [9.17, 15) is 9.18 Å². The zero-order chi connectivity index (χ0) is 12.1. The van der Waals surface area contributed by atoms with Gasteiger partial charge in [-0.05, 0) is 30.5 Å². The summed E-state index contributed by atoms with van der Waals surface area (Å²) in [5, 5.41) is 5.66. The lowest BCUT2D eigenvalue weighted by Gasteiger charge is -2.12. The van der Waals surface area contributed by atoms with E-state index in [1.807, 2.05) is 0 Å². The van der Waals surface area contributed by atoms with Crippen LogP contribution >= 0.6 is 0 Å². The molecule has 0 unspecified atom stereocenters.